The van der Waals surface area contributed by atoms with Crippen molar-refractivity contribution in [3.63, 3.8) is 0 Å². The van der Waals surface area contributed by atoms with E-state index in [1.807, 2.05) is 6.92 Å². The summed E-state index contributed by atoms with van der Waals surface area (Å²) in [7, 11) is 1.35. The molecule has 1 rings (SSSR count). The predicted molar refractivity (Wildman–Crippen MR) is 36.9 cm³/mol. The van der Waals surface area contributed by atoms with E-state index in [-0.39, 0.29) is 18.5 Å². The lowest BCUT2D eigenvalue weighted by molar-refractivity contribution is -0.150. The Balaban J connectivity index is 2.23. The zero-order valence-corrected chi connectivity index (χ0v) is 6.70. The summed E-state index contributed by atoms with van der Waals surface area (Å²) < 4.78 is 14.8. The van der Waals surface area contributed by atoms with Gasteiger partial charge in [0, 0.05) is 0 Å². The van der Waals surface area contributed by atoms with E-state index in [1.165, 1.54) is 7.11 Å². The minimum atomic E-state index is -0.405. The van der Waals surface area contributed by atoms with Crippen molar-refractivity contribution in [3.8, 4) is 0 Å². The van der Waals surface area contributed by atoms with E-state index in [0.29, 0.717) is 6.61 Å². The van der Waals surface area contributed by atoms with E-state index < -0.39 is 6.29 Å². The van der Waals surface area contributed by atoms with Crippen LogP contribution in [-0.4, -0.2) is 32.1 Å². The molecule has 11 heavy (non-hydrogen) atoms. The van der Waals surface area contributed by atoms with E-state index in [0.717, 1.165) is 0 Å². The van der Waals surface area contributed by atoms with Gasteiger partial charge in [0.25, 0.3) is 0 Å². The molecule has 0 aromatic carbocycles. The highest BCUT2D eigenvalue weighted by Gasteiger charge is 2.24. The molecule has 0 saturated carbocycles. The maximum absolute atomic E-state index is 10.7. The lowest BCUT2D eigenvalue weighted by atomic mass is 10.4. The summed E-state index contributed by atoms with van der Waals surface area (Å²) in [6.07, 6.45) is -0.136. The first-order chi connectivity index (χ1) is 5.22. The van der Waals surface area contributed by atoms with Crippen LogP contribution in [0.3, 0.4) is 0 Å². The van der Waals surface area contributed by atoms with Gasteiger partial charge < -0.3 is 14.2 Å². The molecule has 0 bridgehead atoms. The largest absolute Gasteiger partial charge is 0.469 e. The number of carbonyl (C=O) groups excluding carboxylic acids is 1. The molecule has 1 saturated heterocycles. The minimum Gasteiger partial charge on any atom is -0.469 e. The second-order valence-corrected chi connectivity index (χ2v) is 2.49. The van der Waals surface area contributed by atoms with Crippen molar-refractivity contribution in [1.29, 1.82) is 0 Å². The van der Waals surface area contributed by atoms with Gasteiger partial charge in [-0.1, -0.05) is 0 Å². The summed E-state index contributed by atoms with van der Waals surface area (Å²) in [5.41, 5.74) is 0. The van der Waals surface area contributed by atoms with Crippen LogP contribution in [-0.2, 0) is 19.0 Å². The average Bonchev–Trinajstić information content (AvgIpc) is 2.35. The molecule has 1 heterocycles. The third-order valence-electron chi connectivity index (χ3n) is 1.46. The fraction of sp³-hybridized carbons (Fsp3) is 0.857. The van der Waals surface area contributed by atoms with Crippen molar-refractivity contribution >= 4 is 5.97 Å². The van der Waals surface area contributed by atoms with Gasteiger partial charge in [-0.05, 0) is 6.92 Å². The standard InChI is InChI=1S/C7H12O4/c1-5-4-10-7(11-5)3-6(8)9-2/h5,7H,3-4H2,1-2H3/t5-,7+/m0/s1. The molecule has 0 aromatic heterocycles. The Kier molecular flexibility index (Phi) is 2.84. The van der Waals surface area contributed by atoms with Gasteiger partial charge in [-0.3, -0.25) is 4.79 Å². The summed E-state index contributed by atoms with van der Waals surface area (Å²) in [5, 5.41) is 0. The molecule has 2 atom stereocenters. The molecule has 0 amide bonds. The average molecular weight is 160 g/mol. The van der Waals surface area contributed by atoms with Crippen LogP contribution < -0.4 is 0 Å². The van der Waals surface area contributed by atoms with Gasteiger partial charge in [0.05, 0.1) is 26.2 Å². The van der Waals surface area contributed by atoms with E-state index >= 15 is 0 Å². The number of rotatable bonds is 2. The molecule has 0 N–H and O–H groups in total. The lowest BCUT2D eigenvalue weighted by Crippen LogP contribution is -2.16. The van der Waals surface area contributed by atoms with Crippen LogP contribution >= 0.6 is 0 Å². The zero-order valence-electron chi connectivity index (χ0n) is 6.70. The van der Waals surface area contributed by atoms with Crippen LogP contribution in [0.25, 0.3) is 0 Å². The Morgan fingerprint density at radius 2 is 2.45 bits per heavy atom. The molecule has 0 aromatic rings. The maximum Gasteiger partial charge on any atom is 0.310 e. The molecular weight excluding hydrogens is 148 g/mol. The molecule has 0 unspecified atom stereocenters. The highest BCUT2D eigenvalue weighted by molar-refractivity contribution is 5.69. The summed E-state index contributed by atoms with van der Waals surface area (Å²) >= 11 is 0. The summed E-state index contributed by atoms with van der Waals surface area (Å²) in [4.78, 5) is 10.7. The molecule has 1 fully saturated rings. The molecule has 4 nitrogen and oxygen atoms in total. The first-order valence-electron chi connectivity index (χ1n) is 3.56. The molecule has 0 aliphatic carbocycles. The fourth-order valence-corrected chi connectivity index (χ4v) is 0.907. The number of carbonyl (C=O) groups is 1. The van der Waals surface area contributed by atoms with Gasteiger partial charge in [-0.25, -0.2) is 0 Å². The van der Waals surface area contributed by atoms with Gasteiger partial charge in [0.15, 0.2) is 6.29 Å². The quantitative estimate of drug-likeness (QED) is 0.545. The normalized spacial score (nSPS) is 30.4. The maximum atomic E-state index is 10.7. The number of ether oxygens (including phenoxy) is 3. The third-order valence-corrected chi connectivity index (χ3v) is 1.46. The number of esters is 1. The van der Waals surface area contributed by atoms with Crippen LogP contribution in [0, 0.1) is 0 Å². The van der Waals surface area contributed by atoms with Gasteiger partial charge in [-0.15, -0.1) is 0 Å². The van der Waals surface area contributed by atoms with E-state index in [1.54, 1.807) is 0 Å². The second-order valence-electron chi connectivity index (χ2n) is 2.49. The van der Waals surface area contributed by atoms with E-state index in [2.05, 4.69) is 4.74 Å². The smallest absolute Gasteiger partial charge is 0.310 e. The highest BCUT2D eigenvalue weighted by Crippen LogP contribution is 2.13. The summed E-state index contributed by atoms with van der Waals surface area (Å²) in [6.45, 7) is 2.46. The lowest BCUT2D eigenvalue weighted by Gasteiger charge is -2.06. The number of methoxy groups -OCH3 is 1. The Labute approximate surface area is 65.4 Å². The molecule has 64 valence electrons. The second kappa shape index (κ2) is 3.69. The predicted octanol–water partition coefficient (Wildman–Crippen LogP) is 0.311. The van der Waals surface area contributed by atoms with Gasteiger partial charge in [-0.2, -0.15) is 0 Å². The van der Waals surface area contributed by atoms with Crippen molar-refractivity contribution in [1.82, 2.24) is 0 Å². The van der Waals surface area contributed by atoms with Crippen molar-refractivity contribution in [3.05, 3.63) is 0 Å². The molecule has 1 aliphatic heterocycles. The number of hydrogen-bond acceptors (Lipinski definition) is 4. The van der Waals surface area contributed by atoms with Crippen molar-refractivity contribution in [2.24, 2.45) is 0 Å². The topological polar surface area (TPSA) is 44.8 Å². The monoisotopic (exact) mass is 160 g/mol. The first kappa shape index (κ1) is 8.49. The minimum absolute atomic E-state index is 0.0876. The zero-order chi connectivity index (χ0) is 8.27. The highest BCUT2D eigenvalue weighted by atomic mass is 16.7. The van der Waals surface area contributed by atoms with Crippen LogP contribution in [0.2, 0.25) is 0 Å². The van der Waals surface area contributed by atoms with Crippen LogP contribution in [0.15, 0.2) is 0 Å². The van der Waals surface area contributed by atoms with Crippen LogP contribution in [0.1, 0.15) is 13.3 Å². The van der Waals surface area contributed by atoms with Crippen molar-refractivity contribution in [2.45, 2.75) is 25.7 Å². The molecule has 1 aliphatic rings. The summed E-state index contributed by atoms with van der Waals surface area (Å²) in [5.74, 6) is -0.302. The molecule has 0 radical (unpaired) electrons. The first-order valence-corrected chi connectivity index (χ1v) is 3.56. The Morgan fingerprint density at radius 3 is 2.91 bits per heavy atom. The number of hydrogen-bond donors (Lipinski definition) is 0. The van der Waals surface area contributed by atoms with Crippen LogP contribution in [0.5, 0.6) is 0 Å². The third kappa shape index (κ3) is 2.48. The van der Waals surface area contributed by atoms with Crippen molar-refractivity contribution < 1.29 is 19.0 Å². The van der Waals surface area contributed by atoms with E-state index in [4.69, 9.17) is 9.47 Å². The molecular formula is C7H12O4. The Morgan fingerprint density at radius 1 is 1.73 bits per heavy atom. The van der Waals surface area contributed by atoms with Crippen molar-refractivity contribution in [2.75, 3.05) is 13.7 Å². The van der Waals surface area contributed by atoms with Gasteiger partial charge in [0.1, 0.15) is 0 Å². The summed E-state index contributed by atoms with van der Waals surface area (Å²) in [6, 6.07) is 0. The molecule has 4 heteroatoms. The Hall–Kier alpha value is -0.610. The fourth-order valence-electron chi connectivity index (χ4n) is 0.907. The van der Waals surface area contributed by atoms with Gasteiger partial charge >= 0.3 is 5.97 Å². The van der Waals surface area contributed by atoms with E-state index in [9.17, 15) is 4.79 Å². The van der Waals surface area contributed by atoms with Gasteiger partial charge in [0.2, 0.25) is 0 Å². The Bertz CT molecular complexity index is 145. The van der Waals surface area contributed by atoms with Crippen LogP contribution in [0.4, 0.5) is 0 Å². The molecule has 0 spiro atoms. The SMILES string of the molecule is COC(=O)C[C@@H]1OC[C@H](C)O1.